The van der Waals surface area contributed by atoms with Crippen LogP contribution in [0.2, 0.25) is 0 Å². The van der Waals surface area contributed by atoms with E-state index in [-0.39, 0.29) is 5.60 Å². The first-order valence-corrected chi connectivity index (χ1v) is 6.63. The van der Waals surface area contributed by atoms with Crippen molar-refractivity contribution in [3.05, 3.63) is 0 Å². The van der Waals surface area contributed by atoms with Gasteiger partial charge < -0.3 is 10.1 Å². The van der Waals surface area contributed by atoms with Crippen molar-refractivity contribution >= 4 is 0 Å². The number of ether oxygens (including phenoxy) is 1. The quantitative estimate of drug-likeness (QED) is 0.791. The summed E-state index contributed by atoms with van der Waals surface area (Å²) in [6.45, 7) is 4.63. The van der Waals surface area contributed by atoms with E-state index in [0.29, 0.717) is 0 Å². The molecular weight excluding hydrogens is 200 g/mol. The van der Waals surface area contributed by atoms with Crippen LogP contribution in [0.4, 0.5) is 0 Å². The highest BCUT2D eigenvalue weighted by atomic mass is 16.5. The van der Waals surface area contributed by atoms with Gasteiger partial charge in [-0.3, -0.25) is 4.90 Å². The number of methoxy groups -OCH3 is 1. The first-order valence-electron chi connectivity index (χ1n) is 6.63. The molecule has 94 valence electrons. The average Bonchev–Trinajstić information content (AvgIpc) is 2.78. The molecule has 1 aliphatic heterocycles. The molecule has 1 saturated carbocycles. The SMILES string of the molecule is CNC1CCC(N2CCCC(C)(OC)C2)C1. The van der Waals surface area contributed by atoms with Crippen molar-refractivity contribution in [2.75, 3.05) is 27.2 Å². The van der Waals surface area contributed by atoms with Crippen LogP contribution in [0.5, 0.6) is 0 Å². The van der Waals surface area contributed by atoms with Crippen molar-refractivity contribution in [2.45, 2.75) is 56.7 Å². The summed E-state index contributed by atoms with van der Waals surface area (Å²) in [4.78, 5) is 2.66. The Morgan fingerprint density at radius 2 is 2.19 bits per heavy atom. The molecule has 1 N–H and O–H groups in total. The molecular formula is C13H26N2O. The normalized spacial score (nSPS) is 41.4. The highest BCUT2D eigenvalue weighted by Crippen LogP contribution is 2.31. The van der Waals surface area contributed by atoms with E-state index in [1.807, 2.05) is 7.11 Å². The van der Waals surface area contributed by atoms with Crippen LogP contribution in [0.25, 0.3) is 0 Å². The van der Waals surface area contributed by atoms with Gasteiger partial charge in [0.25, 0.3) is 0 Å². The lowest BCUT2D eigenvalue weighted by Gasteiger charge is -2.42. The number of piperidine rings is 1. The molecule has 3 heteroatoms. The van der Waals surface area contributed by atoms with Crippen LogP contribution in [0.3, 0.4) is 0 Å². The van der Waals surface area contributed by atoms with Crippen molar-refractivity contribution in [3.63, 3.8) is 0 Å². The minimum absolute atomic E-state index is 0.0932. The van der Waals surface area contributed by atoms with Crippen LogP contribution in [0.1, 0.15) is 39.0 Å². The Kier molecular flexibility index (Phi) is 3.88. The van der Waals surface area contributed by atoms with Gasteiger partial charge in [-0.05, 0) is 52.6 Å². The minimum Gasteiger partial charge on any atom is -0.377 e. The lowest BCUT2D eigenvalue weighted by atomic mass is 9.93. The molecule has 0 bridgehead atoms. The van der Waals surface area contributed by atoms with Gasteiger partial charge in [0, 0.05) is 25.7 Å². The van der Waals surface area contributed by atoms with Gasteiger partial charge in [0.2, 0.25) is 0 Å². The van der Waals surface area contributed by atoms with Gasteiger partial charge in [0.05, 0.1) is 5.60 Å². The summed E-state index contributed by atoms with van der Waals surface area (Å²) in [7, 11) is 3.94. The summed E-state index contributed by atoms with van der Waals surface area (Å²) in [6, 6.07) is 1.52. The number of hydrogen-bond acceptors (Lipinski definition) is 3. The van der Waals surface area contributed by atoms with E-state index in [0.717, 1.165) is 18.6 Å². The summed E-state index contributed by atoms with van der Waals surface area (Å²) in [6.07, 6.45) is 6.50. The van der Waals surface area contributed by atoms with Crippen LogP contribution < -0.4 is 5.32 Å². The summed E-state index contributed by atoms with van der Waals surface area (Å²) in [5.74, 6) is 0. The van der Waals surface area contributed by atoms with Gasteiger partial charge in [-0.15, -0.1) is 0 Å². The first-order chi connectivity index (χ1) is 7.67. The highest BCUT2D eigenvalue weighted by molar-refractivity contribution is 4.92. The van der Waals surface area contributed by atoms with Crippen LogP contribution >= 0.6 is 0 Å². The molecule has 2 fully saturated rings. The van der Waals surface area contributed by atoms with E-state index in [2.05, 4.69) is 24.2 Å². The Morgan fingerprint density at radius 3 is 2.81 bits per heavy atom. The average molecular weight is 226 g/mol. The van der Waals surface area contributed by atoms with E-state index in [4.69, 9.17) is 4.74 Å². The largest absolute Gasteiger partial charge is 0.377 e. The Hall–Kier alpha value is -0.120. The lowest BCUT2D eigenvalue weighted by molar-refractivity contribution is -0.0607. The molecule has 0 aromatic rings. The van der Waals surface area contributed by atoms with Gasteiger partial charge in [-0.2, -0.15) is 0 Å². The molecule has 2 aliphatic rings. The molecule has 0 aromatic carbocycles. The summed E-state index contributed by atoms with van der Waals surface area (Å²) in [5, 5.41) is 3.41. The second kappa shape index (κ2) is 5.03. The van der Waals surface area contributed by atoms with Gasteiger partial charge in [0.1, 0.15) is 0 Å². The zero-order chi connectivity index (χ0) is 11.6. The fourth-order valence-corrected chi connectivity index (χ4v) is 3.27. The van der Waals surface area contributed by atoms with E-state index in [1.165, 1.54) is 38.6 Å². The minimum atomic E-state index is 0.0932. The van der Waals surface area contributed by atoms with Gasteiger partial charge in [-0.1, -0.05) is 0 Å². The van der Waals surface area contributed by atoms with Crippen molar-refractivity contribution in [2.24, 2.45) is 0 Å². The maximum atomic E-state index is 5.66. The zero-order valence-electron chi connectivity index (χ0n) is 11.0. The Bertz CT molecular complexity index is 234. The smallest absolute Gasteiger partial charge is 0.0777 e. The monoisotopic (exact) mass is 226 g/mol. The van der Waals surface area contributed by atoms with E-state index < -0.39 is 0 Å². The molecule has 0 radical (unpaired) electrons. The molecule has 1 heterocycles. The van der Waals surface area contributed by atoms with Crippen molar-refractivity contribution < 1.29 is 4.74 Å². The second-order valence-corrected chi connectivity index (χ2v) is 5.68. The molecule has 16 heavy (non-hydrogen) atoms. The number of nitrogens with one attached hydrogen (secondary N) is 1. The third kappa shape index (κ3) is 2.58. The first kappa shape index (κ1) is 12.3. The van der Waals surface area contributed by atoms with Gasteiger partial charge in [-0.25, -0.2) is 0 Å². The Labute approximate surface area is 99.5 Å². The van der Waals surface area contributed by atoms with E-state index in [9.17, 15) is 0 Å². The summed E-state index contributed by atoms with van der Waals surface area (Å²) >= 11 is 0. The summed E-state index contributed by atoms with van der Waals surface area (Å²) < 4.78 is 5.66. The molecule has 0 aromatic heterocycles. The topological polar surface area (TPSA) is 24.5 Å². The number of likely N-dealkylation sites (tertiary alicyclic amines) is 1. The fraction of sp³-hybridized carbons (Fsp3) is 1.00. The highest BCUT2D eigenvalue weighted by Gasteiger charge is 2.36. The molecule has 3 nitrogen and oxygen atoms in total. The molecule has 0 amide bonds. The van der Waals surface area contributed by atoms with Crippen LogP contribution in [0, 0.1) is 0 Å². The maximum absolute atomic E-state index is 5.66. The summed E-state index contributed by atoms with van der Waals surface area (Å²) in [5.41, 5.74) is 0.0932. The standard InChI is InChI=1S/C13H26N2O/c1-13(16-3)7-4-8-15(10-13)12-6-5-11(9-12)14-2/h11-12,14H,4-10H2,1-3H3. The number of nitrogens with zero attached hydrogens (tertiary/aromatic N) is 1. The second-order valence-electron chi connectivity index (χ2n) is 5.68. The molecule has 1 saturated heterocycles. The third-order valence-electron chi connectivity index (χ3n) is 4.51. The maximum Gasteiger partial charge on any atom is 0.0777 e. The fourth-order valence-electron chi connectivity index (χ4n) is 3.27. The lowest BCUT2D eigenvalue weighted by Crippen LogP contribution is -2.50. The van der Waals surface area contributed by atoms with E-state index in [1.54, 1.807) is 0 Å². The van der Waals surface area contributed by atoms with Crippen molar-refractivity contribution in [1.82, 2.24) is 10.2 Å². The Morgan fingerprint density at radius 1 is 1.38 bits per heavy atom. The molecule has 1 aliphatic carbocycles. The van der Waals surface area contributed by atoms with E-state index >= 15 is 0 Å². The van der Waals surface area contributed by atoms with Crippen LogP contribution in [-0.2, 0) is 4.74 Å². The van der Waals surface area contributed by atoms with Crippen molar-refractivity contribution in [3.8, 4) is 0 Å². The molecule has 0 spiro atoms. The van der Waals surface area contributed by atoms with Gasteiger partial charge in [0.15, 0.2) is 0 Å². The Balaban J connectivity index is 1.90. The molecule has 2 rings (SSSR count). The zero-order valence-corrected chi connectivity index (χ0v) is 11.0. The van der Waals surface area contributed by atoms with Crippen LogP contribution in [-0.4, -0.2) is 49.8 Å². The number of hydrogen-bond donors (Lipinski definition) is 1. The van der Waals surface area contributed by atoms with Gasteiger partial charge >= 0.3 is 0 Å². The van der Waals surface area contributed by atoms with Crippen LogP contribution in [0.15, 0.2) is 0 Å². The predicted octanol–water partition coefficient (Wildman–Crippen LogP) is 1.63. The number of rotatable bonds is 3. The van der Waals surface area contributed by atoms with Crippen molar-refractivity contribution in [1.29, 1.82) is 0 Å². The molecule has 3 unspecified atom stereocenters. The molecule has 3 atom stereocenters. The third-order valence-corrected chi connectivity index (χ3v) is 4.51. The predicted molar refractivity (Wildman–Crippen MR) is 66.7 cm³/mol.